The van der Waals surface area contributed by atoms with E-state index in [1.54, 1.807) is 0 Å². The van der Waals surface area contributed by atoms with Gasteiger partial charge in [0.1, 0.15) is 0 Å². The molecule has 1 aliphatic carbocycles. The highest BCUT2D eigenvalue weighted by atomic mass is 19.3. The van der Waals surface area contributed by atoms with Gasteiger partial charge in [-0.15, -0.1) is 0 Å². The van der Waals surface area contributed by atoms with E-state index >= 15 is 0 Å². The third-order valence-electron chi connectivity index (χ3n) is 4.54. The van der Waals surface area contributed by atoms with Crippen LogP contribution < -0.4 is 5.73 Å². The summed E-state index contributed by atoms with van der Waals surface area (Å²) in [4.78, 5) is 0. The number of halogens is 2. The zero-order chi connectivity index (χ0) is 14.8. The van der Waals surface area contributed by atoms with Crippen molar-refractivity contribution in [2.75, 3.05) is 6.54 Å². The van der Waals surface area contributed by atoms with Crippen LogP contribution in [0.15, 0.2) is 24.3 Å². The van der Waals surface area contributed by atoms with E-state index in [0.29, 0.717) is 25.3 Å². The first-order chi connectivity index (χ1) is 9.37. The summed E-state index contributed by atoms with van der Waals surface area (Å²) in [6.07, 6.45) is 1.93. The van der Waals surface area contributed by atoms with Crippen LogP contribution in [-0.4, -0.2) is 12.5 Å². The Labute approximate surface area is 120 Å². The van der Waals surface area contributed by atoms with Crippen molar-refractivity contribution in [2.24, 2.45) is 11.7 Å². The molecule has 0 amide bonds. The normalized spacial score (nSPS) is 21.1. The quantitative estimate of drug-likeness (QED) is 0.875. The number of hydrogen-bond acceptors (Lipinski definition) is 1. The van der Waals surface area contributed by atoms with Gasteiger partial charge in [-0.2, -0.15) is 0 Å². The monoisotopic (exact) mass is 281 g/mol. The van der Waals surface area contributed by atoms with Gasteiger partial charge in [0.2, 0.25) is 5.92 Å². The standard InChI is InChI=1S/C17H25F2N/c1-13(2)11-14-3-5-15(6-4-14)16(12-20)7-9-17(18,19)10-8-16/h3-6,13H,7-12,20H2,1-2H3. The Morgan fingerprint density at radius 1 is 1.05 bits per heavy atom. The van der Waals surface area contributed by atoms with E-state index in [-0.39, 0.29) is 18.3 Å². The average Bonchev–Trinajstić information content (AvgIpc) is 2.40. The minimum Gasteiger partial charge on any atom is -0.330 e. The third-order valence-corrected chi connectivity index (χ3v) is 4.54. The highest BCUT2D eigenvalue weighted by Crippen LogP contribution is 2.44. The van der Waals surface area contributed by atoms with Crippen molar-refractivity contribution in [1.82, 2.24) is 0 Å². The van der Waals surface area contributed by atoms with Gasteiger partial charge in [0.15, 0.2) is 0 Å². The summed E-state index contributed by atoms with van der Waals surface area (Å²) < 4.78 is 26.7. The molecule has 0 atom stereocenters. The first-order valence-electron chi connectivity index (χ1n) is 7.54. The third kappa shape index (κ3) is 3.38. The molecule has 1 nitrogen and oxygen atoms in total. The van der Waals surface area contributed by atoms with Crippen molar-refractivity contribution in [3.8, 4) is 0 Å². The van der Waals surface area contributed by atoms with E-state index in [1.807, 2.05) is 0 Å². The van der Waals surface area contributed by atoms with Crippen molar-refractivity contribution in [3.05, 3.63) is 35.4 Å². The van der Waals surface area contributed by atoms with Crippen LogP contribution >= 0.6 is 0 Å². The molecule has 0 saturated heterocycles. The summed E-state index contributed by atoms with van der Waals surface area (Å²) in [7, 11) is 0. The number of hydrogen-bond donors (Lipinski definition) is 1. The van der Waals surface area contributed by atoms with Crippen molar-refractivity contribution in [1.29, 1.82) is 0 Å². The molecule has 1 aromatic carbocycles. The van der Waals surface area contributed by atoms with Crippen LogP contribution in [0.25, 0.3) is 0 Å². The molecule has 0 unspecified atom stereocenters. The second-order valence-corrected chi connectivity index (χ2v) is 6.64. The maximum absolute atomic E-state index is 13.4. The van der Waals surface area contributed by atoms with E-state index in [0.717, 1.165) is 12.0 Å². The fourth-order valence-corrected chi connectivity index (χ4v) is 3.17. The molecule has 2 N–H and O–H groups in total. The first kappa shape index (κ1) is 15.4. The summed E-state index contributed by atoms with van der Waals surface area (Å²) in [6.45, 7) is 4.84. The first-order valence-corrected chi connectivity index (χ1v) is 7.54. The molecule has 3 heteroatoms. The van der Waals surface area contributed by atoms with Gasteiger partial charge in [0, 0.05) is 24.8 Å². The maximum atomic E-state index is 13.4. The number of alkyl halides is 2. The second kappa shape index (κ2) is 5.80. The van der Waals surface area contributed by atoms with Gasteiger partial charge in [0.05, 0.1) is 0 Å². The van der Waals surface area contributed by atoms with Gasteiger partial charge < -0.3 is 5.73 Å². The molecule has 0 spiro atoms. The summed E-state index contributed by atoms with van der Waals surface area (Å²) >= 11 is 0. The Kier molecular flexibility index (Phi) is 4.48. The molecule has 1 aromatic rings. The van der Waals surface area contributed by atoms with Crippen molar-refractivity contribution in [3.63, 3.8) is 0 Å². The Hall–Kier alpha value is -0.960. The maximum Gasteiger partial charge on any atom is 0.248 e. The Morgan fingerprint density at radius 2 is 1.60 bits per heavy atom. The van der Waals surface area contributed by atoms with Gasteiger partial charge in [-0.25, -0.2) is 8.78 Å². The second-order valence-electron chi connectivity index (χ2n) is 6.64. The minimum absolute atomic E-state index is 0.0437. The Morgan fingerprint density at radius 3 is 2.05 bits per heavy atom. The molecule has 0 heterocycles. The van der Waals surface area contributed by atoms with Crippen LogP contribution in [0.5, 0.6) is 0 Å². The predicted molar refractivity (Wildman–Crippen MR) is 79.1 cm³/mol. The van der Waals surface area contributed by atoms with Gasteiger partial charge in [-0.3, -0.25) is 0 Å². The van der Waals surface area contributed by atoms with E-state index in [9.17, 15) is 8.78 Å². The highest BCUT2D eigenvalue weighted by molar-refractivity contribution is 5.31. The molecule has 112 valence electrons. The summed E-state index contributed by atoms with van der Waals surface area (Å²) in [5.41, 5.74) is 8.11. The average molecular weight is 281 g/mol. The molecule has 20 heavy (non-hydrogen) atoms. The van der Waals surface area contributed by atoms with Gasteiger partial charge in [-0.05, 0) is 36.3 Å². The summed E-state index contributed by atoms with van der Waals surface area (Å²) in [5, 5.41) is 0. The fourth-order valence-electron chi connectivity index (χ4n) is 3.17. The molecule has 0 aliphatic heterocycles. The lowest BCUT2D eigenvalue weighted by Crippen LogP contribution is -2.42. The molecule has 0 aromatic heterocycles. The lowest BCUT2D eigenvalue weighted by Gasteiger charge is -2.40. The fraction of sp³-hybridized carbons (Fsp3) is 0.647. The zero-order valence-electron chi connectivity index (χ0n) is 12.5. The number of rotatable bonds is 4. The smallest absolute Gasteiger partial charge is 0.248 e. The Balaban J connectivity index is 2.16. The van der Waals surface area contributed by atoms with E-state index in [4.69, 9.17) is 5.73 Å². The Bertz CT molecular complexity index is 427. The molecule has 1 saturated carbocycles. The van der Waals surface area contributed by atoms with Crippen LogP contribution in [0.1, 0.15) is 50.7 Å². The molecular formula is C17H25F2N. The van der Waals surface area contributed by atoms with Crippen molar-refractivity contribution in [2.45, 2.75) is 57.3 Å². The SMILES string of the molecule is CC(C)Cc1ccc(C2(CN)CCC(F)(F)CC2)cc1. The lowest BCUT2D eigenvalue weighted by molar-refractivity contribution is -0.0509. The molecule has 0 bridgehead atoms. The van der Waals surface area contributed by atoms with Crippen LogP contribution in [0.4, 0.5) is 8.78 Å². The van der Waals surface area contributed by atoms with E-state index in [2.05, 4.69) is 38.1 Å². The molecule has 1 aliphatic rings. The van der Waals surface area contributed by atoms with Crippen LogP contribution in [0.2, 0.25) is 0 Å². The van der Waals surface area contributed by atoms with Crippen LogP contribution in [-0.2, 0) is 11.8 Å². The van der Waals surface area contributed by atoms with Crippen molar-refractivity contribution < 1.29 is 8.78 Å². The topological polar surface area (TPSA) is 26.0 Å². The number of nitrogens with two attached hydrogens (primary N) is 1. The summed E-state index contributed by atoms with van der Waals surface area (Å²) in [5.74, 6) is -1.88. The highest BCUT2D eigenvalue weighted by Gasteiger charge is 2.43. The molecule has 1 fully saturated rings. The van der Waals surface area contributed by atoms with Gasteiger partial charge >= 0.3 is 0 Å². The largest absolute Gasteiger partial charge is 0.330 e. The molecule has 0 radical (unpaired) electrons. The van der Waals surface area contributed by atoms with E-state index < -0.39 is 5.92 Å². The van der Waals surface area contributed by atoms with Crippen molar-refractivity contribution >= 4 is 0 Å². The van der Waals surface area contributed by atoms with Crippen LogP contribution in [0.3, 0.4) is 0 Å². The molecule has 2 rings (SSSR count). The molecular weight excluding hydrogens is 256 g/mol. The van der Waals surface area contributed by atoms with Gasteiger partial charge in [0.25, 0.3) is 0 Å². The predicted octanol–water partition coefficient (Wildman–Crippen LogP) is 4.29. The zero-order valence-corrected chi connectivity index (χ0v) is 12.5. The lowest BCUT2D eigenvalue weighted by atomic mass is 9.68. The minimum atomic E-state index is -2.50. The summed E-state index contributed by atoms with van der Waals surface area (Å²) in [6, 6.07) is 8.43. The number of benzene rings is 1. The van der Waals surface area contributed by atoms with Crippen LogP contribution in [0, 0.1) is 5.92 Å². The van der Waals surface area contributed by atoms with Gasteiger partial charge in [-0.1, -0.05) is 38.1 Å². The van der Waals surface area contributed by atoms with E-state index in [1.165, 1.54) is 5.56 Å².